The first kappa shape index (κ1) is 12.3. The van der Waals surface area contributed by atoms with Crippen LogP contribution in [0.2, 0.25) is 0 Å². The van der Waals surface area contributed by atoms with Crippen LogP contribution in [-0.4, -0.2) is 29.5 Å². The third kappa shape index (κ3) is 5.04. The number of halogens is 3. The molecule has 72 valence electrons. The van der Waals surface area contributed by atoms with Crippen LogP contribution in [0.15, 0.2) is 0 Å². The zero-order valence-corrected chi connectivity index (χ0v) is 9.00. The Bertz CT molecular complexity index is 157. The zero-order chi connectivity index (χ0) is 9.78. The van der Waals surface area contributed by atoms with Crippen molar-refractivity contribution in [3.63, 3.8) is 0 Å². The first-order valence-corrected chi connectivity index (χ1v) is 4.38. The van der Waals surface area contributed by atoms with Gasteiger partial charge >= 0.3 is 0 Å². The summed E-state index contributed by atoms with van der Waals surface area (Å²) in [5.41, 5.74) is 0. The Morgan fingerprint density at radius 3 is 2.42 bits per heavy atom. The SMILES string of the molecule is COCC(C)NC(=O)C(Cl)(Cl)Cl. The molecule has 0 aromatic heterocycles. The molecule has 0 rings (SSSR count). The first-order valence-electron chi connectivity index (χ1n) is 3.24. The number of amides is 1. The number of nitrogens with one attached hydrogen (secondary N) is 1. The minimum Gasteiger partial charge on any atom is -0.383 e. The molecule has 6 heteroatoms. The van der Waals surface area contributed by atoms with E-state index in [1.165, 1.54) is 7.11 Å². The molecule has 0 aliphatic rings. The van der Waals surface area contributed by atoms with Crippen molar-refractivity contribution in [3.8, 4) is 0 Å². The van der Waals surface area contributed by atoms with Crippen molar-refractivity contribution in [1.82, 2.24) is 5.32 Å². The summed E-state index contributed by atoms with van der Waals surface area (Å²) in [6, 6.07) is -0.168. The van der Waals surface area contributed by atoms with Crippen molar-refractivity contribution in [2.75, 3.05) is 13.7 Å². The molecule has 0 spiro atoms. The molecule has 1 N–H and O–H groups in total. The molecule has 0 saturated heterocycles. The number of ether oxygens (including phenoxy) is 1. The lowest BCUT2D eigenvalue weighted by Crippen LogP contribution is -2.42. The summed E-state index contributed by atoms with van der Waals surface area (Å²) in [7, 11) is 1.53. The zero-order valence-electron chi connectivity index (χ0n) is 6.73. The van der Waals surface area contributed by atoms with Gasteiger partial charge in [-0.1, -0.05) is 34.8 Å². The van der Waals surface area contributed by atoms with Gasteiger partial charge in [-0.2, -0.15) is 0 Å². The summed E-state index contributed by atoms with van der Waals surface area (Å²) in [6.07, 6.45) is 0. The maximum Gasteiger partial charge on any atom is 0.272 e. The third-order valence-electron chi connectivity index (χ3n) is 1.05. The predicted molar refractivity (Wildman–Crippen MR) is 49.8 cm³/mol. The van der Waals surface area contributed by atoms with Gasteiger partial charge in [0.25, 0.3) is 9.70 Å². The van der Waals surface area contributed by atoms with E-state index in [1.54, 1.807) is 6.92 Å². The Balaban J connectivity index is 3.85. The Labute approximate surface area is 86.3 Å². The Kier molecular flexibility index (Phi) is 5.25. The highest BCUT2D eigenvalue weighted by molar-refractivity contribution is 6.76. The summed E-state index contributed by atoms with van der Waals surface area (Å²) in [6.45, 7) is 2.13. The van der Waals surface area contributed by atoms with Crippen molar-refractivity contribution in [2.45, 2.75) is 16.8 Å². The minimum atomic E-state index is -1.90. The van der Waals surface area contributed by atoms with Crippen molar-refractivity contribution in [2.24, 2.45) is 0 Å². The normalized spacial score (nSPS) is 14.1. The molecule has 3 nitrogen and oxygen atoms in total. The number of carbonyl (C=O) groups is 1. The first-order chi connectivity index (χ1) is 5.38. The lowest BCUT2D eigenvalue weighted by atomic mass is 10.3. The van der Waals surface area contributed by atoms with Crippen LogP contribution in [-0.2, 0) is 9.53 Å². The number of rotatable bonds is 3. The van der Waals surface area contributed by atoms with Gasteiger partial charge in [0.05, 0.1) is 6.61 Å². The van der Waals surface area contributed by atoms with Gasteiger partial charge in [0.15, 0.2) is 0 Å². The molecule has 0 heterocycles. The Morgan fingerprint density at radius 2 is 2.08 bits per heavy atom. The fraction of sp³-hybridized carbons (Fsp3) is 0.833. The standard InChI is InChI=1S/C6H10Cl3NO2/c1-4(3-12-2)10-5(11)6(7,8)9/h4H,3H2,1-2H3,(H,10,11). The third-order valence-corrected chi connectivity index (χ3v) is 1.57. The van der Waals surface area contributed by atoms with E-state index in [9.17, 15) is 4.79 Å². The van der Waals surface area contributed by atoms with Crippen LogP contribution in [0, 0.1) is 0 Å². The Morgan fingerprint density at radius 1 is 1.58 bits per heavy atom. The summed E-state index contributed by atoms with van der Waals surface area (Å²) in [5.74, 6) is -0.642. The van der Waals surface area contributed by atoms with Crippen molar-refractivity contribution < 1.29 is 9.53 Å². The van der Waals surface area contributed by atoms with Crippen LogP contribution in [0.25, 0.3) is 0 Å². The quantitative estimate of drug-likeness (QED) is 0.752. The van der Waals surface area contributed by atoms with Crippen LogP contribution >= 0.6 is 34.8 Å². The molecule has 0 saturated carbocycles. The van der Waals surface area contributed by atoms with Crippen LogP contribution in [0.3, 0.4) is 0 Å². The second-order valence-electron chi connectivity index (χ2n) is 2.33. The number of hydrogen-bond donors (Lipinski definition) is 1. The average molecular weight is 235 g/mol. The van der Waals surface area contributed by atoms with E-state index in [0.29, 0.717) is 6.61 Å². The van der Waals surface area contributed by atoms with Gasteiger partial charge in [-0.05, 0) is 6.92 Å². The van der Waals surface area contributed by atoms with E-state index in [4.69, 9.17) is 39.5 Å². The highest BCUT2D eigenvalue weighted by Gasteiger charge is 2.31. The molecular formula is C6H10Cl3NO2. The lowest BCUT2D eigenvalue weighted by molar-refractivity contribution is -0.121. The number of methoxy groups -OCH3 is 1. The second-order valence-corrected chi connectivity index (χ2v) is 4.61. The number of hydrogen-bond acceptors (Lipinski definition) is 2. The molecule has 1 unspecified atom stereocenters. The summed E-state index contributed by atoms with van der Waals surface area (Å²) < 4.78 is 2.87. The van der Waals surface area contributed by atoms with Crippen molar-refractivity contribution in [1.29, 1.82) is 0 Å². The van der Waals surface area contributed by atoms with Crippen molar-refractivity contribution in [3.05, 3.63) is 0 Å². The van der Waals surface area contributed by atoms with Crippen LogP contribution < -0.4 is 5.32 Å². The molecule has 0 aromatic carbocycles. The van der Waals surface area contributed by atoms with E-state index < -0.39 is 9.70 Å². The second kappa shape index (κ2) is 5.12. The largest absolute Gasteiger partial charge is 0.383 e. The fourth-order valence-electron chi connectivity index (χ4n) is 0.597. The molecule has 0 bridgehead atoms. The van der Waals surface area contributed by atoms with Crippen molar-refractivity contribution >= 4 is 40.7 Å². The topological polar surface area (TPSA) is 38.3 Å². The maximum absolute atomic E-state index is 11.0. The van der Waals surface area contributed by atoms with Gasteiger partial charge in [-0.15, -0.1) is 0 Å². The summed E-state index contributed by atoms with van der Waals surface area (Å²) >= 11 is 15.9. The summed E-state index contributed by atoms with van der Waals surface area (Å²) in [4.78, 5) is 11.0. The van der Waals surface area contributed by atoms with Crippen LogP contribution in [0.4, 0.5) is 0 Å². The van der Waals surface area contributed by atoms with Crippen LogP contribution in [0.1, 0.15) is 6.92 Å². The number of alkyl halides is 3. The predicted octanol–water partition coefficient (Wildman–Crippen LogP) is 1.51. The molecule has 0 aliphatic carbocycles. The van der Waals surface area contributed by atoms with Gasteiger partial charge in [0.2, 0.25) is 0 Å². The molecule has 0 aromatic rings. The monoisotopic (exact) mass is 233 g/mol. The smallest absolute Gasteiger partial charge is 0.272 e. The minimum absolute atomic E-state index is 0.168. The molecule has 12 heavy (non-hydrogen) atoms. The molecule has 1 amide bonds. The maximum atomic E-state index is 11.0. The highest BCUT2D eigenvalue weighted by atomic mass is 35.6. The van der Waals surface area contributed by atoms with Gasteiger partial charge < -0.3 is 10.1 Å². The summed E-state index contributed by atoms with van der Waals surface area (Å²) in [5, 5.41) is 2.46. The molecular weight excluding hydrogens is 224 g/mol. The van der Waals surface area contributed by atoms with E-state index in [0.717, 1.165) is 0 Å². The van der Waals surface area contributed by atoms with E-state index in [2.05, 4.69) is 5.32 Å². The molecule has 1 atom stereocenters. The molecule has 0 radical (unpaired) electrons. The fourth-order valence-corrected chi connectivity index (χ4v) is 0.761. The van der Waals surface area contributed by atoms with E-state index in [1.807, 2.05) is 0 Å². The van der Waals surface area contributed by atoms with Gasteiger partial charge in [-0.25, -0.2) is 0 Å². The molecule has 0 fully saturated rings. The van der Waals surface area contributed by atoms with Gasteiger partial charge in [0.1, 0.15) is 0 Å². The number of carbonyl (C=O) groups excluding carboxylic acids is 1. The van der Waals surface area contributed by atoms with E-state index >= 15 is 0 Å². The van der Waals surface area contributed by atoms with Gasteiger partial charge in [0, 0.05) is 13.2 Å². The Hall–Kier alpha value is 0.300. The van der Waals surface area contributed by atoms with E-state index in [-0.39, 0.29) is 6.04 Å². The highest BCUT2D eigenvalue weighted by Crippen LogP contribution is 2.25. The van der Waals surface area contributed by atoms with Gasteiger partial charge in [-0.3, -0.25) is 4.79 Å². The molecule has 0 aliphatic heterocycles. The average Bonchev–Trinajstić information content (AvgIpc) is 1.85. The lowest BCUT2D eigenvalue weighted by Gasteiger charge is -2.16. The van der Waals surface area contributed by atoms with Crippen LogP contribution in [0.5, 0.6) is 0 Å².